The predicted octanol–water partition coefficient (Wildman–Crippen LogP) is 3.49. The summed E-state index contributed by atoms with van der Waals surface area (Å²) >= 11 is 5.92. The number of nitrogens with one attached hydrogen (secondary N) is 1. The Hall–Kier alpha value is -3.12. The molecule has 3 rings (SSSR count). The highest BCUT2D eigenvalue weighted by molar-refractivity contribution is 6.31. The summed E-state index contributed by atoms with van der Waals surface area (Å²) in [4.78, 5) is 36.4. The first-order valence-electron chi connectivity index (χ1n) is 7.21. The molecule has 0 atom stereocenters. The number of halogens is 1. The van der Waals surface area contributed by atoms with Crippen molar-refractivity contribution in [1.29, 1.82) is 0 Å². The smallest absolute Gasteiger partial charge is 0.349 e. The van der Waals surface area contributed by atoms with Gasteiger partial charge in [0.05, 0.1) is 18.4 Å². The van der Waals surface area contributed by atoms with Crippen LogP contribution in [-0.2, 0) is 4.74 Å². The van der Waals surface area contributed by atoms with Crippen LogP contribution in [0.15, 0.2) is 57.7 Å². The molecule has 1 N–H and O–H groups in total. The van der Waals surface area contributed by atoms with Gasteiger partial charge >= 0.3 is 11.6 Å². The standard InChI is InChI=1S/C18H12ClNO5/c1-24-17(22)12-7-6-11(19)9-14(12)20-16(21)13-8-10-4-2-3-5-15(10)25-18(13)23/h2-9H,1H3,(H,20,21). The van der Waals surface area contributed by atoms with Gasteiger partial charge in [0.25, 0.3) is 5.91 Å². The van der Waals surface area contributed by atoms with E-state index in [9.17, 15) is 14.4 Å². The number of para-hydroxylation sites is 1. The molecule has 25 heavy (non-hydrogen) atoms. The Balaban J connectivity index is 2.01. The minimum Gasteiger partial charge on any atom is -0.465 e. The van der Waals surface area contributed by atoms with E-state index in [1.54, 1.807) is 24.3 Å². The van der Waals surface area contributed by atoms with Gasteiger partial charge in [0, 0.05) is 10.4 Å². The van der Waals surface area contributed by atoms with Crippen molar-refractivity contribution in [2.24, 2.45) is 0 Å². The monoisotopic (exact) mass is 357 g/mol. The van der Waals surface area contributed by atoms with Crippen LogP contribution in [0.1, 0.15) is 20.7 Å². The number of esters is 1. The molecule has 6 nitrogen and oxygen atoms in total. The molecule has 0 aliphatic rings. The summed E-state index contributed by atoms with van der Waals surface area (Å²) in [6, 6.07) is 12.6. The molecule has 3 aromatic rings. The molecule has 126 valence electrons. The largest absolute Gasteiger partial charge is 0.465 e. The minimum atomic E-state index is -0.780. The zero-order chi connectivity index (χ0) is 18.0. The van der Waals surface area contributed by atoms with Crippen LogP contribution in [-0.4, -0.2) is 19.0 Å². The second-order valence-corrected chi connectivity index (χ2v) is 5.56. The molecule has 2 aromatic carbocycles. The maximum Gasteiger partial charge on any atom is 0.349 e. The number of carbonyl (C=O) groups excluding carboxylic acids is 2. The van der Waals surface area contributed by atoms with E-state index in [0.717, 1.165) is 0 Å². The summed E-state index contributed by atoms with van der Waals surface area (Å²) in [5.74, 6) is -1.36. The van der Waals surface area contributed by atoms with E-state index in [-0.39, 0.29) is 16.8 Å². The highest BCUT2D eigenvalue weighted by Gasteiger charge is 2.18. The van der Waals surface area contributed by atoms with Crippen LogP contribution in [0.25, 0.3) is 11.0 Å². The van der Waals surface area contributed by atoms with Crippen LogP contribution in [0.2, 0.25) is 5.02 Å². The Morgan fingerprint density at radius 2 is 1.84 bits per heavy atom. The summed E-state index contributed by atoms with van der Waals surface area (Å²) in [5, 5.41) is 3.42. The molecule has 0 unspecified atom stereocenters. The third kappa shape index (κ3) is 3.39. The quantitative estimate of drug-likeness (QED) is 0.573. The molecule has 1 aromatic heterocycles. The van der Waals surface area contributed by atoms with E-state index in [4.69, 9.17) is 16.0 Å². The zero-order valence-corrected chi connectivity index (χ0v) is 13.8. The highest BCUT2D eigenvalue weighted by Crippen LogP contribution is 2.23. The molecular weight excluding hydrogens is 346 g/mol. The SMILES string of the molecule is COC(=O)c1ccc(Cl)cc1NC(=O)c1cc2ccccc2oc1=O. The summed E-state index contributed by atoms with van der Waals surface area (Å²) < 4.78 is 9.81. The van der Waals surface area contributed by atoms with Gasteiger partial charge in [-0.2, -0.15) is 0 Å². The lowest BCUT2D eigenvalue weighted by molar-refractivity contribution is 0.0602. The van der Waals surface area contributed by atoms with E-state index in [1.807, 2.05) is 0 Å². The Morgan fingerprint density at radius 1 is 1.08 bits per heavy atom. The number of hydrogen-bond acceptors (Lipinski definition) is 5. The number of anilines is 1. The molecule has 1 heterocycles. The van der Waals surface area contributed by atoms with Gasteiger partial charge in [-0.15, -0.1) is 0 Å². The third-order valence-corrected chi connectivity index (χ3v) is 3.76. The van der Waals surface area contributed by atoms with E-state index in [1.165, 1.54) is 31.4 Å². The van der Waals surface area contributed by atoms with Crippen LogP contribution >= 0.6 is 11.6 Å². The second-order valence-electron chi connectivity index (χ2n) is 5.12. The first-order valence-corrected chi connectivity index (χ1v) is 7.59. The first-order chi connectivity index (χ1) is 12.0. The molecule has 7 heteroatoms. The van der Waals surface area contributed by atoms with Crippen LogP contribution in [0.3, 0.4) is 0 Å². The van der Waals surface area contributed by atoms with E-state index in [2.05, 4.69) is 10.1 Å². The highest BCUT2D eigenvalue weighted by atomic mass is 35.5. The van der Waals surface area contributed by atoms with E-state index in [0.29, 0.717) is 16.0 Å². The summed E-state index contributed by atoms with van der Waals surface area (Å²) in [7, 11) is 1.22. The number of carbonyl (C=O) groups is 2. The van der Waals surface area contributed by atoms with Crippen molar-refractivity contribution in [2.75, 3.05) is 12.4 Å². The molecule has 0 spiro atoms. The van der Waals surface area contributed by atoms with Crippen molar-refractivity contribution in [3.05, 3.63) is 75.1 Å². The lowest BCUT2D eigenvalue weighted by Crippen LogP contribution is -2.22. The number of ether oxygens (including phenoxy) is 1. The summed E-state index contributed by atoms with van der Waals surface area (Å²) in [6.45, 7) is 0. The fourth-order valence-corrected chi connectivity index (χ4v) is 2.49. The van der Waals surface area contributed by atoms with Gasteiger partial charge in [-0.25, -0.2) is 9.59 Å². The zero-order valence-electron chi connectivity index (χ0n) is 13.0. The molecule has 0 fully saturated rings. The number of methoxy groups -OCH3 is 1. The van der Waals surface area contributed by atoms with Crippen molar-refractivity contribution in [3.63, 3.8) is 0 Å². The number of fused-ring (bicyclic) bond motifs is 1. The van der Waals surface area contributed by atoms with E-state index < -0.39 is 17.5 Å². The Morgan fingerprint density at radius 3 is 2.60 bits per heavy atom. The number of hydrogen-bond donors (Lipinski definition) is 1. The second kappa shape index (κ2) is 6.78. The fraction of sp³-hybridized carbons (Fsp3) is 0.0556. The van der Waals surface area contributed by atoms with Crippen molar-refractivity contribution in [2.45, 2.75) is 0 Å². The van der Waals surface area contributed by atoms with E-state index >= 15 is 0 Å². The lowest BCUT2D eigenvalue weighted by atomic mass is 10.1. The third-order valence-electron chi connectivity index (χ3n) is 3.52. The Kier molecular flexibility index (Phi) is 4.54. The van der Waals surface area contributed by atoms with Crippen molar-refractivity contribution in [3.8, 4) is 0 Å². The molecule has 0 saturated carbocycles. The van der Waals surface area contributed by atoms with Crippen molar-refractivity contribution < 1.29 is 18.7 Å². The van der Waals surface area contributed by atoms with Crippen molar-refractivity contribution in [1.82, 2.24) is 0 Å². The molecule has 0 bridgehead atoms. The van der Waals surface area contributed by atoms with Gasteiger partial charge in [-0.3, -0.25) is 4.79 Å². The average molecular weight is 358 g/mol. The number of amides is 1. The van der Waals surface area contributed by atoms with Crippen LogP contribution in [0.5, 0.6) is 0 Å². The molecule has 0 radical (unpaired) electrons. The van der Waals surface area contributed by atoms with Crippen LogP contribution in [0.4, 0.5) is 5.69 Å². The van der Waals surface area contributed by atoms with Gasteiger partial charge in [0.1, 0.15) is 11.1 Å². The van der Waals surface area contributed by atoms with Gasteiger partial charge in [-0.1, -0.05) is 29.8 Å². The molecule has 1 amide bonds. The van der Waals surface area contributed by atoms with Gasteiger partial charge in [-0.05, 0) is 30.3 Å². The Labute approximate surface area is 147 Å². The average Bonchev–Trinajstić information content (AvgIpc) is 2.60. The van der Waals surface area contributed by atoms with Gasteiger partial charge in [0.2, 0.25) is 0 Å². The first kappa shape index (κ1) is 16.7. The number of benzene rings is 2. The normalized spacial score (nSPS) is 10.5. The van der Waals surface area contributed by atoms with Gasteiger partial charge < -0.3 is 14.5 Å². The molecule has 0 aliphatic carbocycles. The fourth-order valence-electron chi connectivity index (χ4n) is 2.32. The van der Waals surface area contributed by atoms with Crippen molar-refractivity contribution >= 4 is 40.1 Å². The summed E-state index contributed by atoms with van der Waals surface area (Å²) in [5.41, 5.74) is -0.336. The minimum absolute atomic E-state index is 0.116. The van der Waals surface area contributed by atoms with Crippen LogP contribution < -0.4 is 10.9 Å². The summed E-state index contributed by atoms with van der Waals surface area (Å²) in [6.07, 6.45) is 0. The van der Waals surface area contributed by atoms with Gasteiger partial charge in [0.15, 0.2) is 0 Å². The van der Waals surface area contributed by atoms with Crippen LogP contribution in [0, 0.1) is 0 Å². The topological polar surface area (TPSA) is 85.6 Å². The maximum atomic E-state index is 12.5. The molecule has 0 saturated heterocycles. The molecule has 0 aliphatic heterocycles. The maximum absolute atomic E-state index is 12.5. The Bertz CT molecular complexity index is 1040. The number of rotatable bonds is 3. The molecular formula is C18H12ClNO5. The lowest BCUT2D eigenvalue weighted by Gasteiger charge is -2.10. The predicted molar refractivity (Wildman–Crippen MR) is 93.2 cm³/mol.